The molecule has 3 aromatic rings. The molecule has 1 amide bonds. The Balaban J connectivity index is 1.24. The lowest BCUT2D eigenvalue weighted by molar-refractivity contribution is -0.127. The number of nitrogens with one attached hydrogen (secondary N) is 1. The summed E-state index contributed by atoms with van der Waals surface area (Å²) in [5.74, 6) is 3.48. The van der Waals surface area contributed by atoms with Crippen molar-refractivity contribution in [2.24, 2.45) is 23.2 Å². The Morgan fingerprint density at radius 2 is 1.94 bits per heavy atom. The van der Waals surface area contributed by atoms with Crippen molar-refractivity contribution in [2.75, 3.05) is 0 Å². The van der Waals surface area contributed by atoms with Crippen LogP contribution in [0.5, 0.6) is 0 Å². The number of aromatic nitrogens is 3. The van der Waals surface area contributed by atoms with Gasteiger partial charge in [0.1, 0.15) is 12.3 Å². The van der Waals surface area contributed by atoms with Crippen LogP contribution in [0, 0.1) is 30.1 Å². The molecule has 4 aliphatic rings. The predicted octanol–water partition coefficient (Wildman–Crippen LogP) is 5.11. The highest BCUT2D eigenvalue weighted by atomic mass is 16.3. The standard InChI is InChI=1S/C26H32N4O2/c1-3-22(26-12-17-9-18(13-26)11-19(10-17)14-26)28-23(31)15-30-25-24(16(2)29-30)20(6-7-27-25)21-5-4-8-32-21/h4-8,17-19,22H,3,9-15H2,1-2H3,(H,28,31). The molecule has 0 saturated heterocycles. The van der Waals surface area contributed by atoms with Crippen molar-refractivity contribution in [1.29, 1.82) is 0 Å². The average molecular weight is 433 g/mol. The SMILES string of the molecule is CCC(NC(=O)Cn1nc(C)c2c(-c3ccco3)ccnc21)C12CC3CC(CC(C3)C1)C2. The molecule has 4 bridgehead atoms. The molecule has 0 spiro atoms. The Kier molecular flexibility index (Phi) is 4.67. The van der Waals surface area contributed by atoms with E-state index in [9.17, 15) is 4.79 Å². The molecule has 0 radical (unpaired) electrons. The van der Waals surface area contributed by atoms with E-state index in [1.54, 1.807) is 17.1 Å². The second-order valence-corrected chi connectivity index (χ2v) is 10.6. The number of hydrogen-bond acceptors (Lipinski definition) is 4. The van der Waals surface area contributed by atoms with Gasteiger partial charge in [0, 0.05) is 17.8 Å². The molecule has 0 aromatic carbocycles. The van der Waals surface area contributed by atoms with Crippen molar-refractivity contribution in [2.45, 2.75) is 71.4 Å². The number of hydrogen-bond donors (Lipinski definition) is 1. The largest absolute Gasteiger partial charge is 0.464 e. The lowest BCUT2D eigenvalue weighted by Gasteiger charge is -2.59. The fraction of sp³-hybridized carbons (Fsp3) is 0.577. The van der Waals surface area contributed by atoms with Crippen molar-refractivity contribution in [3.05, 3.63) is 36.4 Å². The maximum Gasteiger partial charge on any atom is 0.242 e. The van der Waals surface area contributed by atoms with Crippen LogP contribution in [-0.4, -0.2) is 26.7 Å². The summed E-state index contributed by atoms with van der Waals surface area (Å²) in [6, 6.07) is 6.03. The van der Waals surface area contributed by atoms with Crippen molar-refractivity contribution in [3.8, 4) is 11.3 Å². The maximum atomic E-state index is 13.2. The van der Waals surface area contributed by atoms with E-state index >= 15 is 0 Å². The second-order valence-electron chi connectivity index (χ2n) is 10.6. The minimum Gasteiger partial charge on any atom is -0.464 e. The van der Waals surface area contributed by atoms with Gasteiger partial charge >= 0.3 is 0 Å². The first-order valence-corrected chi connectivity index (χ1v) is 12.2. The molecule has 6 heteroatoms. The van der Waals surface area contributed by atoms with E-state index in [0.717, 1.165) is 52.2 Å². The van der Waals surface area contributed by atoms with Gasteiger partial charge in [-0.3, -0.25) is 4.79 Å². The molecule has 4 aliphatic carbocycles. The molecule has 6 nitrogen and oxygen atoms in total. The molecular formula is C26H32N4O2. The molecule has 1 N–H and O–H groups in total. The van der Waals surface area contributed by atoms with E-state index in [-0.39, 0.29) is 18.5 Å². The number of pyridine rings is 1. The number of carbonyl (C=O) groups excluding carboxylic acids is 1. The van der Waals surface area contributed by atoms with Gasteiger partial charge in [0.25, 0.3) is 0 Å². The summed E-state index contributed by atoms with van der Waals surface area (Å²) in [6.07, 6.45) is 12.6. The van der Waals surface area contributed by atoms with Crippen LogP contribution in [0.1, 0.15) is 57.6 Å². The van der Waals surface area contributed by atoms with Crippen molar-refractivity contribution >= 4 is 16.9 Å². The molecule has 168 valence electrons. The van der Waals surface area contributed by atoms with E-state index in [1.165, 1.54) is 38.5 Å². The predicted molar refractivity (Wildman–Crippen MR) is 123 cm³/mol. The Labute approximate surface area is 188 Å². The molecule has 3 aromatic heterocycles. The number of carbonyl (C=O) groups is 1. The van der Waals surface area contributed by atoms with Crippen molar-refractivity contribution in [3.63, 3.8) is 0 Å². The summed E-state index contributed by atoms with van der Waals surface area (Å²) in [7, 11) is 0. The summed E-state index contributed by atoms with van der Waals surface area (Å²) >= 11 is 0. The van der Waals surface area contributed by atoms with Crippen LogP contribution in [0.3, 0.4) is 0 Å². The van der Waals surface area contributed by atoms with Gasteiger partial charge in [-0.15, -0.1) is 0 Å². The number of aryl methyl sites for hydroxylation is 1. The summed E-state index contributed by atoms with van der Waals surface area (Å²) in [6.45, 7) is 4.39. The quantitative estimate of drug-likeness (QED) is 0.587. The van der Waals surface area contributed by atoms with Gasteiger partial charge in [-0.2, -0.15) is 5.10 Å². The lowest BCUT2D eigenvalue weighted by atomic mass is 9.47. The normalized spacial score (nSPS) is 29.5. The monoisotopic (exact) mass is 432 g/mol. The Hall–Kier alpha value is -2.63. The first-order chi connectivity index (χ1) is 15.5. The fourth-order valence-corrected chi connectivity index (χ4v) is 7.70. The molecule has 32 heavy (non-hydrogen) atoms. The first-order valence-electron chi connectivity index (χ1n) is 12.2. The summed E-state index contributed by atoms with van der Waals surface area (Å²) < 4.78 is 7.36. The third kappa shape index (κ3) is 3.18. The van der Waals surface area contributed by atoms with E-state index in [2.05, 4.69) is 22.3 Å². The van der Waals surface area contributed by atoms with Gasteiger partial charge in [-0.05, 0) is 93.2 Å². The van der Waals surface area contributed by atoms with E-state index in [0.29, 0.717) is 5.41 Å². The number of rotatable bonds is 6. The average Bonchev–Trinajstić information content (AvgIpc) is 3.40. The van der Waals surface area contributed by atoms with Gasteiger partial charge in [0.2, 0.25) is 5.91 Å². The molecular weight excluding hydrogens is 400 g/mol. The van der Waals surface area contributed by atoms with Crippen LogP contribution in [0.15, 0.2) is 35.1 Å². The zero-order valence-corrected chi connectivity index (χ0v) is 19.0. The van der Waals surface area contributed by atoms with Gasteiger partial charge in [-0.25, -0.2) is 9.67 Å². The van der Waals surface area contributed by atoms with Crippen LogP contribution in [0.25, 0.3) is 22.4 Å². The topological polar surface area (TPSA) is 73.0 Å². The van der Waals surface area contributed by atoms with E-state index in [4.69, 9.17) is 4.42 Å². The van der Waals surface area contributed by atoms with Crippen molar-refractivity contribution in [1.82, 2.24) is 20.1 Å². The molecule has 0 aliphatic heterocycles. The molecule has 1 unspecified atom stereocenters. The van der Waals surface area contributed by atoms with Crippen molar-refractivity contribution < 1.29 is 9.21 Å². The highest BCUT2D eigenvalue weighted by Crippen LogP contribution is 2.61. The fourth-order valence-electron chi connectivity index (χ4n) is 7.70. The number of furan rings is 1. The molecule has 4 fully saturated rings. The Morgan fingerprint density at radius 1 is 1.22 bits per heavy atom. The Bertz CT molecular complexity index is 1110. The highest BCUT2D eigenvalue weighted by molar-refractivity contribution is 5.93. The van der Waals surface area contributed by atoms with Gasteiger partial charge in [0.15, 0.2) is 5.65 Å². The van der Waals surface area contributed by atoms with E-state index < -0.39 is 0 Å². The summed E-state index contributed by atoms with van der Waals surface area (Å²) in [5.41, 5.74) is 2.87. The highest BCUT2D eigenvalue weighted by Gasteiger charge is 2.54. The third-order valence-electron chi connectivity index (χ3n) is 8.46. The molecule has 3 heterocycles. The van der Waals surface area contributed by atoms with Crippen LogP contribution in [0.4, 0.5) is 0 Å². The summed E-state index contributed by atoms with van der Waals surface area (Å²) in [4.78, 5) is 17.8. The molecule has 1 atom stereocenters. The Morgan fingerprint density at radius 3 is 2.56 bits per heavy atom. The van der Waals surface area contributed by atoms with Gasteiger partial charge in [0.05, 0.1) is 17.3 Å². The minimum atomic E-state index is 0.0437. The third-order valence-corrected chi connectivity index (χ3v) is 8.46. The number of amides is 1. The number of nitrogens with zero attached hydrogens (tertiary/aromatic N) is 3. The zero-order valence-electron chi connectivity index (χ0n) is 19.0. The smallest absolute Gasteiger partial charge is 0.242 e. The van der Waals surface area contributed by atoms with Crippen LogP contribution < -0.4 is 5.32 Å². The van der Waals surface area contributed by atoms with Gasteiger partial charge < -0.3 is 9.73 Å². The van der Waals surface area contributed by atoms with Crippen LogP contribution >= 0.6 is 0 Å². The first kappa shape index (κ1) is 20.0. The van der Waals surface area contributed by atoms with E-state index in [1.807, 2.05) is 25.1 Å². The molecule has 4 saturated carbocycles. The summed E-state index contributed by atoms with van der Waals surface area (Å²) in [5, 5.41) is 9.07. The zero-order chi connectivity index (χ0) is 21.9. The lowest BCUT2D eigenvalue weighted by Crippen LogP contribution is -2.57. The van der Waals surface area contributed by atoms with Crippen LogP contribution in [0.2, 0.25) is 0 Å². The second kappa shape index (κ2) is 7.46. The number of fused-ring (bicyclic) bond motifs is 1. The van der Waals surface area contributed by atoms with Crippen LogP contribution in [-0.2, 0) is 11.3 Å². The maximum absolute atomic E-state index is 13.2. The molecule has 7 rings (SSSR count). The van der Waals surface area contributed by atoms with Gasteiger partial charge in [-0.1, -0.05) is 6.92 Å². The minimum absolute atomic E-state index is 0.0437.